The fourth-order valence-electron chi connectivity index (χ4n) is 1.44. The van der Waals surface area contributed by atoms with Gasteiger partial charge in [-0.1, -0.05) is 0 Å². The number of ether oxygens (including phenoxy) is 1. The van der Waals surface area contributed by atoms with Crippen LogP contribution in [-0.2, 0) is 15.5 Å². The first kappa shape index (κ1) is 15.4. The summed E-state index contributed by atoms with van der Waals surface area (Å²) >= 11 is 0. The third kappa shape index (κ3) is 5.25. The van der Waals surface area contributed by atoms with Crippen LogP contribution in [0.25, 0.3) is 0 Å². The number of aromatic nitrogens is 1. The average molecular weight is 285 g/mol. The van der Waals surface area contributed by atoms with Gasteiger partial charge >= 0.3 is 5.97 Å². The van der Waals surface area contributed by atoms with Gasteiger partial charge in [-0.25, -0.2) is 9.78 Å². The summed E-state index contributed by atoms with van der Waals surface area (Å²) in [6, 6.07) is 1.57. The number of carbonyl (C=O) groups is 1. The van der Waals surface area contributed by atoms with E-state index < -0.39 is 16.8 Å². The standard InChI is InChI=1S/C12H19N3O3S/c1-3-18-12(16)9-7-11(15-8-10(9)13)14-5-4-6-19(2)17/h7-8H,3-6,13H2,1-2H3,(H,14,15). The molecule has 0 fully saturated rings. The van der Waals surface area contributed by atoms with Crippen LogP contribution < -0.4 is 11.1 Å². The van der Waals surface area contributed by atoms with Gasteiger partial charge in [0.1, 0.15) is 5.82 Å². The number of nitrogens with two attached hydrogens (primary N) is 1. The molecule has 0 bridgehead atoms. The van der Waals surface area contributed by atoms with Crippen LogP contribution in [0.1, 0.15) is 23.7 Å². The van der Waals surface area contributed by atoms with Gasteiger partial charge in [-0.2, -0.15) is 0 Å². The second-order valence-electron chi connectivity index (χ2n) is 3.93. The van der Waals surface area contributed by atoms with Gasteiger partial charge in [-0.15, -0.1) is 0 Å². The number of nitrogens with one attached hydrogen (secondary N) is 1. The minimum absolute atomic E-state index is 0.290. The van der Waals surface area contributed by atoms with E-state index in [1.165, 1.54) is 6.20 Å². The van der Waals surface area contributed by atoms with Crippen LogP contribution in [0.5, 0.6) is 0 Å². The van der Waals surface area contributed by atoms with Crippen LogP contribution in [0.15, 0.2) is 12.3 Å². The normalized spacial score (nSPS) is 11.9. The van der Waals surface area contributed by atoms with E-state index in [0.29, 0.717) is 36.0 Å². The zero-order valence-corrected chi connectivity index (χ0v) is 12.0. The molecule has 1 rings (SSSR count). The largest absolute Gasteiger partial charge is 0.462 e. The zero-order chi connectivity index (χ0) is 14.3. The molecule has 3 N–H and O–H groups in total. The average Bonchev–Trinajstić information content (AvgIpc) is 2.36. The first-order valence-electron chi connectivity index (χ1n) is 6.01. The molecule has 0 aliphatic rings. The fraction of sp³-hybridized carbons (Fsp3) is 0.500. The summed E-state index contributed by atoms with van der Waals surface area (Å²) in [5, 5.41) is 3.06. The summed E-state index contributed by atoms with van der Waals surface area (Å²) in [6.45, 7) is 2.67. The van der Waals surface area contributed by atoms with Gasteiger partial charge in [-0.05, 0) is 19.4 Å². The molecule has 106 valence electrons. The lowest BCUT2D eigenvalue weighted by Gasteiger charge is -2.09. The van der Waals surface area contributed by atoms with E-state index >= 15 is 0 Å². The topological polar surface area (TPSA) is 94.3 Å². The molecule has 6 nitrogen and oxygen atoms in total. The Morgan fingerprint density at radius 2 is 2.32 bits per heavy atom. The Hall–Kier alpha value is -1.63. The van der Waals surface area contributed by atoms with Gasteiger partial charge in [0, 0.05) is 29.4 Å². The Balaban J connectivity index is 2.63. The number of nitrogens with zero attached hydrogens (tertiary/aromatic N) is 1. The molecule has 1 aromatic rings. The predicted octanol–water partition coefficient (Wildman–Crippen LogP) is 1.02. The van der Waals surface area contributed by atoms with Crippen LogP contribution in [-0.4, -0.2) is 40.3 Å². The van der Waals surface area contributed by atoms with Gasteiger partial charge in [0.2, 0.25) is 0 Å². The van der Waals surface area contributed by atoms with Crippen LogP contribution in [0.2, 0.25) is 0 Å². The Bertz CT molecular complexity index is 466. The molecule has 0 aliphatic heterocycles. The molecule has 0 saturated carbocycles. The first-order chi connectivity index (χ1) is 9.04. The molecule has 1 heterocycles. The van der Waals surface area contributed by atoms with Crippen molar-refractivity contribution in [1.82, 2.24) is 4.98 Å². The lowest BCUT2D eigenvalue weighted by molar-refractivity contribution is 0.0527. The predicted molar refractivity (Wildman–Crippen MR) is 76.6 cm³/mol. The summed E-state index contributed by atoms with van der Waals surface area (Å²) in [5.74, 6) is 0.728. The molecule has 7 heteroatoms. The number of hydrogen-bond acceptors (Lipinski definition) is 6. The number of carbonyl (C=O) groups excluding carboxylic acids is 1. The van der Waals surface area contributed by atoms with Gasteiger partial charge in [-0.3, -0.25) is 4.21 Å². The highest BCUT2D eigenvalue weighted by Gasteiger charge is 2.12. The zero-order valence-electron chi connectivity index (χ0n) is 11.1. The van der Waals surface area contributed by atoms with Crippen molar-refractivity contribution in [2.45, 2.75) is 13.3 Å². The third-order valence-corrected chi connectivity index (χ3v) is 3.21. The molecular weight excluding hydrogens is 266 g/mol. The molecule has 0 radical (unpaired) electrons. The maximum absolute atomic E-state index is 11.6. The molecule has 19 heavy (non-hydrogen) atoms. The Kier molecular flexibility index (Phi) is 6.27. The number of nitrogen functional groups attached to an aromatic ring is 1. The van der Waals surface area contributed by atoms with Gasteiger partial charge in [0.05, 0.1) is 24.1 Å². The van der Waals surface area contributed by atoms with E-state index in [0.717, 1.165) is 6.42 Å². The number of hydrogen-bond donors (Lipinski definition) is 2. The van der Waals surface area contributed by atoms with Crippen molar-refractivity contribution in [3.8, 4) is 0 Å². The van der Waals surface area contributed by atoms with E-state index in [9.17, 15) is 9.00 Å². The molecule has 0 saturated heterocycles. The number of pyridine rings is 1. The quantitative estimate of drug-likeness (QED) is 0.574. The molecule has 0 amide bonds. The molecule has 1 unspecified atom stereocenters. The maximum atomic E-state index is 11.6. The monoisotopic (exact) mass is 285 g/mol. The van der Waals surface area contributed by atoms with Crippen molar-refractivity contribution < 1.29 is 13.7 Å². The SMILES string of the molecule is CCOC(=O)c1cc(NCCCS(C)=O)ncc1N. The second-order valence-corrected chi connectivity index (χ2v) is 5.49. The van der Waals surface area contributed by atoms with Crippen molar-refractivity contribution >= 4 is 28.3 Å². The molecule has 1 aromatic heterocycles. The molecule has 1 atom stereocenters. The summed E-state index contributed by atoms with van der Waals surface area (Å²) in [4.78, 5) is 15.7. The summed E-state index contributed by atoms with van der Waals surface area (Å²) in [5.41, 5.74) is 6.28. The highest BCUT2D eigenvalue weighted by molar-refractivity contribution is 7.84. The summed E-state index contributed by atoms with van der Waals surface area (Å²) in [6.07, 6.45) is 3.86. The van der Waals surface area contributed by atoms with Gasteiger partial charge < -0.3 is 15.8 Å². The lowest BCUT2D eigenvalue weighted by Crippen LogP contribution is -2.11. The highest BCUT2D eigenvalue weighted by Crippen LogP contribution is 2.16. The summed E-state index contributed by atoms with van der Waals surface area (Å²) in [7, 11) is -0.796. The Labute approximate surface area is 115 Å². The van der Waals surface area contributed by atoms with Crippen molar-refractivity contribution in [1.29, 1.82) is 0 Å². The van der Waals surface area contributed by atoms with Crippen LogP contribution in [0, 0.1) is 0 Å². The third-order valence-electron chi connectivity index (χ3n) is 2.34. The fourth-order valence-corrected chi connectivity index (χ4v) is 1.99. The van der Waals surface area contributed by atoms with Crippen LogP contribution in [0.3, 0.4) is 0 Å². The van der Waals surface area contributed by atoms with Crippen molar-refractivity contribution in [2.24, 2.45) is 0 Å². The van der Waals surface area contributed by atoms with E-state index in [-0.39, 0.29) is 0 Å². The Morgan fingerprint density at radius 1 is 1.58 bits per heavy atom. The first-order valence-corrected chi connectivity index (χ1v) is 7.73. The number of rotatable bonds is 7. The van der Waals surface area contributed by atoms with E-state index in [1.807, 2.05) is 0 Å². The van der Waals surface area contributed by atoms with Crippen LogP contribution >= 0.6 is 0 Å². The maximum Gasteiger partial charge on any atom is 0.340 e. The summed E-state index contributed by atoms with van der Waals surface area (Å²) < 4.78 is 15.8. The van der Waals surface area contributed by atoms with E-state index in [2.05, 4.69) is 10.3 Å². The van der Waals surface area contributed by atoms with Gasteiger partial charge in [0.15, 0.2) is 0 Å². The number of esters is 1. The number of anilines is 2. The van der Waals surface area contributed by atoms with E-state index in [4.69, 9.17) is 10.5 Å². The second kappa shape index (κ2) is 7.73. The van der Waals surface area contributed by atoms with Gasteiger partial charge in [0.25, 0.3) is 0 Å². The lowest BCUT2D eigenvalue weighted by atomic mass is 10.2. The van der Waals surface area contributed by atoms with Crippen LogP contribution in [0.4, 0.5) is 11.5 Å². The highest BCUT2D eigenvalue weighted by atomic mass is 32.2. The van der Waals surface area contributed by atoms with Crippen molar-refractivity contribution in [2.75, 3.05) is 36.2 Å². The Morgan fingerprint density at radius 3 is 2.95 bits per heavy atom. The molecule has 0 aliphatic carbocycles. The van der Waals surface area contributed by atoms with E-state index in [1.54, 1.807) is 19.2 Å². The molecule has 0 aromatic carbocycles. The van der Waals surface area contributed by atoms with Crippen molar-refractivity contribution in [3.05, 3.63) is 17.8 Å². The minimum Gasteiger partial charge on any atom is -0.462 e. The smallest absolute Gasteiger partial charge is 0.340 e. The minimum atomic E-state index is -0.796. The van der Waals surface area contributed by atoms with Crippen molar-refractivity contribution in [3.63, 3.8) is 0 Å². The molecule has 0 spiro atoms. The molecular formula is C12H19N3O3S.